The zero-order chi connectivity index (χ0) is 11.8. The quantitative estimate of drug-likeness (QED) is 0.720. The summed E-state index contributed by atoms with van der Waals surface area (Å²) in [7, 11) is 0. The molecule has 0 amide bonds. The maximum atomic E-state index is 13.3. The van der Waals surface area contributed by atoms with Crippen LogP contribution in [0.1, 0.15) is 25.3 Å². The Labute approximate surface area is 96.8 Å². The Morgan fingerprint density at radius 2 is 2.12 bits per heavy atom. The highest BCUT2D eigenvalue weighted by Gasteiger charge is 2.02. The molecule has 0 radical (unpaired) electrons. The van der Waals surface area contributed by atoms with Crippen LogP contribution in [0.2, 0.25) is 0 Å². The van der Waals surface area contributed by atoms with Crippen LogP contribution in [0, 0.1) is 12.7 Å². The molecule has 0 fully saturated rings. The highest BCUT2D eigenvalue weighted by molar-refractivity contribution is 5.29. The van der Waals surface area contributed by atoms with Crippen LogP contribution in [0.4, 0.5) is 4.39 Å². The number of halogens is 1. The lowest BCUT2D eigenvalue weighted by Gasteiger charge is -2.08. The monoisotopic (exact) mass is 225 g/mol. The van der Waals surface area contributed by atoms with Crippen LogP contribution in [0.3, 0.4) is 0 Å². The van der Waals surface area contributed by atoms with Crippen molar-refractivity contribution in [1.82, 2.24) is 5.32 Å². The number of hydrogen-bond acceptors (Lipinski definition) is 2. The van der Waals surface area contributed by atoms with Gasteiger partial charge in [-0.05, 0) is 50.6 Å². The van der Waals surface area contributed by atoms with Crippen molar-refractivity contribution >= 4 is 0 Å². The van der Waals surface area contributed by atoms with E-state index in [1.807, 2.05) is 6.92 Å². The van der Waals surface area contributed by atoms with Gasteiger partial charge in [0, 0.05) is 0 Å². The van der Waals surface area contributed by atoms with E-state index >= 15 is 0 Å². The van der Waals surface area contributed by atoms with Gasteiger partial charge >= 0.3 is 0 Å². The number of ether oxygens (including phenoxy) is 1. The van der Waals surface area contributed by atoms with Crippen molar-refractivity contribution in [2.24, 2.45) is 0 Å². The molecule has 0 spiro atoms. The second kappa shape index (κ2) is 7.23. The van der Waals surface area contributed by atoms with Crippen LogP contribution in [0.25, 0.3) is 0 Å². The second-order valence-corrected chi connectivity index (χ2v) is 3.84. The van der Waals surface area contributed by atoms with E-state index in [4.69, 9.17) is 4.74 Å². The van der Waals surface area contributed by atoms with Crippen molar-refractivity contribution in [2.45, 2.75) is 26.7 Å². The summed E-state index contributed by atoms with van der Waals surface area (Å²) in [6, 6.07) is 4.93. The summed E-state index contributed by atoms with van der Waals surface area (Å²) >= 11 is 0. The Kier molecular flexibility index (Phi) is 5.86. The molecular formula is C13H20FNO. The normalized spacial score (nSPS) is 10.4. The Balaban J connectivity index is 2.23. The molecule has 16 heavy (non-hydrogen) atoms. The maximum Gasteiger partial charge on any atom is 0.165 e. The molecule has 2 nitrogen and oxygen atoms in total. The van der Waals surface area contributed by atoms with E-state index in [1.54, 1.807) is 12.1 Å². The Morgan fingerprint density at radius 1 is 1.31 bits per heavy atom. The lowest BCUT2D eigenvalue weighted by atomic mass is 10.2. The Bertz CT molecular complexity index is 315. The molecule has 0 unspecified atom stereocenters. The van der Waals surface area contributed by atoms with Gasteiger partial charge < -0.3 is 10.1 Å². The first-order chi connectivity index (χ1) is 7.74. The van der Waals surface area contributed by atoms with Crippen molar-refractivity contribution in [1.29, 1.82) is 0 Å². The van der Waals surface area contributed by atoms with Gasteiger partial charge in [0.2, 0.25) is 0 Å². The van der Waals surface area contributed by atoms with Crippen molar-refractivity contribution in [2.75, 3.05) is 19.7 Å². The van der Waals surface area contributed by atoms with E-state index in [9.17, 15) is 4.39 Å². The Morgan fingerprint density at radius 3 is 2.88 bits per heavy atom. The average molecular weight is 225 g/mol. The predicted molar refractivity (Wildman–Crippen MR) is 64.4 cm³/mol. The highest BCUT2D eigenvalue weighted by atomic mass is 19.1. The third kappa shape index (κ3) is 4.62. The Hall–Kier alpha value is -1.09. The average Bonchev–Trinajstić information content (AvgIpc) is 2.28. The van der Waals surface area contributed by atoms with Gasteiger partial charge in [-0.25, -0.2) is 4.39 Å². The molecule has 0 aliphatic rings. The van der Waals surface area contributed by atoms with Crippen molar-refractivity contribution in [3.63, 3.8) is 0 Å². The fourth-order valence-electron chi connectivity index (χ4n) is 1.43. The fourth-order valence-corrected chi connectivity index (χ4v) is 1.43. The molecule has 1 rings (SSSR count). The summed E-state index contributed by atoms with van der Waals surface area (Å²) in [5.41, 5.74) is 1.02. The minimum absolute atomic E-state index is 0.280. The van der Waals surface area contributed by atoms with Crippen LogP contribution in [0.15, 0.2) is 18.2 Å². The summed E-state index contributed by atoms with van der Waals surface area (Å²) in [6.07, 6.45) is 2.00. The molecule has 3 heteroatoms. The van der Waals surface area contributed by atoms with Crippen molar-refractivity contribution in [3.05, 3.63) is 29.6 Å². The van der Waals surface area contributed by atoms with E-state index < -0.39 is 0 Å². The molecule has 1 aromatic carbocycles. The standard InChI is InChI=1S/C13H20FNO/c1-3-15-8-4-5-9-16-13-10-11(2)6-7-12(13)14/h6-7,10,15H,3-5,8-9H2,1-2H3. The van der Waals surface area contributed by atoms with Gasteiger partial charge in [-0.2, -0.15) is 0 Å². The molecule has 90 valence electrons. The predicted octanol–water partition coefficient (Wildman–Crippen LogP) is 2.90. The first-order valence-electron chi connectivity index (χ1n) is 5.83. The number of rotatable bonds is 7. The van der Waals surface area contributed by atoms with Gasteiger partial charge in [0.1, 0.15) is 0 Å². The maximum absolute atomic E-state index is 13.3. The minimum atomic E-state index is -0.280. The van der Waals surface area contributed by atoms with Gasteiger partial charge in [-0.3, -0.25) is 0 Å². The van der Waals surface area contributed by atoms with Gasteiger partial charge in [0.25, 0.3) is 0 Å². The summed E-state index contributed by atoms with van der Waals surface area (Å²) in [4.78, 5) is 0. The second-order valence-electron chi connectivity index (χ2n) is 3.84. The van der Waals surface area contributed by atoms with Crippen LogP contribution >= 0.6 is 0 Å². The molecular weight excluding hydrogens is 205 g/mol. The van der Waals surface area contributed by atoms with E-state index in [2.05, 4.69) is 12.2 Å². The zero-order valence-electron chi connectivity index (χ0n) is 10.1. The van der Waals surface area contributed by atoms with Crippen LogP contribution in [-0.2, 0) is 0 Å². The molecule has 0 heterocycles. The molecule has 0 saturated heterocycles. The molecule has 1 aromatic rings. The molecule has 0 aliphatic heterocycles. The van der Waals surface area contributed by atoms with Crippen LogP contribution in [0.5, 0.6) is 5.75 Å². The van der Waals surface area contributed by atoms with Gasteiger partial charge in [0.05, 0.1) is 6.61 Å². The SMILES string of the molecule is CCNCCCCOc1cc(C)ccc1F. The zero-order valence-corrected chi connectivity index (χ0v) is 10.1. The highest BCUT2D eigenvalue weighted by Crippen LogP contribution is 2.18. The van der Waals surface area contributed by atoms with Gasteiger partial charge in [-0.1, -0.05) is 13.0 Å². The van der Waals surface area contributed by atoms with Gasteiger partial charge in [0.15, 0.2) is 11.6 Å². The van der Waals surface area contributed by atoms with Crippen LogP contribution < -0.4 is 10.1 Å². The van der Waals surface area contributed by atoms with Crippen LogP contribution in [-0.4, -0.2) is 19.7 Å². The summed E-state index contributed by atoms with van der Waals surface area (Å²) < 4.78 is 18.7. The molecule has 0 aromatic heterocycles. The third-order valence-corrected chi connectivity index (χ3v) is 2.34. The topological polar surface area (TPSA) is 21.3 Å². The fraction of sp³-hybridized carbons (Fsp3) is 0.538. The number of aryl methyl sites for hydroxylation is 1. The van der Waals surface area contributed by atoms with Crippen molar-refractivity contribution < 1.29 is 9.13 Å². The number of unbranched alkanes of at least 4 members (excludes halogenated alkanes) is 1. The summed E-state index contributed by atoms with van der Waals surface area (Å²) in [5, 5.41) is 3.24. The molecule has 0 atom stereocenters. The molecule has 1 N–H and O–H groups in total. The summed E-state index contributed by atoms with van der Waals surface area (Å²) in [6.45, 7) is 6.57. The van der Waals surface area contributed by atoms with Gasteiger partial charge in [-0.15, -0.1) is 0 Å². The molecule has 0 bridgehead atoms. The summed E-state index contributed by atoms with van der Waals surface area (Å²) in [5.74, 6) is 0.0840. The van der Waals surface area contributed by atoms with E-state index in [0.717, 1.165) is 31.5 Å². The number of nitrogens with one attached hydrogen (secondary N) is 1. The van der Waals surface area contributed by atoms with E-state index in [0.29, 0.717) is 12.4 Å². The third-order valence-electron chi connectivity index (χ3n) is 2.34. The molecule has 0 saturated carbocycles. The largest absolute Gasteiger partial charge is 0.491 e. The smallest absolute Gasteiger partial charge is 0.165 e. The van der Waals surface area contributed by atoms with E-state index in [1.165, 1.54) is 6.07 Å². The minimum Gasteiger partial charge on any atom is -0.491 e. The molecule has 0 aliphatic carbocycles. The number of hydrogen-bond donors (Lipinski definition) is 1. The lowest BCUT2D eigenvalue weighted by molar-refractivity contribution is 0.291. The number of benzene rings is 1. The van der Waals surface area contributed by atoms with Crippen molar-refractivity contribution in [3.8, 4) is 5.75 Å². The first-order valence-corrected chi connectivity index (χ1v) is 5.83. The van der Waals surface area contributed by atoms with E-state index in [-0.39, 0.29) is 5.82 Å². The first kappa shape index (κ1) is 13.0. The lowest BCUT2D eigenvalue weighted by Crippen LogP contribution is -2.14.